The Morgan fingerprint density at radius 1 is 1.08 bits per heavy atom. The summed E-state index contributed by atoms with van der Waals surface area (Å²) in [5.74, 6) is 0.920. The van der Waals surface area contributed by atoms with Gasteiger partial charge in [-0.1, -0.05) is 12.1 Å². The second-order valence-corrected chi connectivity index (χ2v) is 7.66. The predicted octanol–water partition coefficient (Wildman–Crippen LogP) is 5.07. The van der Waals surface area contributed by atoms with Crippen LogP contribution in [0.4, 0.5) is 0 Å². The molecule has 0 bridgehead atoms. The largest absolute Gasteiger partial charge is 0.491 e. The smallest absolute Gasteiger partial charge is 0.119 e. The van der Waals surface area contributed by atoms with Gasteiger partial charge in [0.15, 0.2) is 0 Å². The average molecular weight is 359 g/mol. The first kappa shape index (κ1) is 17.1. The first-order valence-corrected chi connectivity index (χ1v) is 9.92. The maximum absolute atomic E-state index is 5.70. The molecule has 0 saturated carbocycles. The fraction of sp³-hybridized carbons (Fsp3) is 0.316. The van der Waals surface area contributed by atoms with Gasteiger partial charge >= 0.3 is 0 Å². The highest BCUT2D eigenvalue weighted by molar-refractivity contribution is 7.09. The molecule has 0 amide bonds. The van der Waals surface area contributed by atoms with Crippen LogP contribution in [0.15, 0.2) is 52.7 Å². The lowest BCUT2D eigenvalue weighted by Crippen LogP contribution is -2.22. The highest BCUT2D eigenvalue weighted by Crippen LogP contribution is 2.23. The van der Waals surface area contributed by atoms with Gasteiger partial charge in [-0.05, 0) is 60.4 Å². The molecule has 0 saturated heterocycles. The molecule has 0 radical (unpaired) electrons. The van der Waals surface area contributed by atoms with E-state index in [1.54, 1.807) is 22.7 Å². The molecular formula is C19H22N2OS2. The van der Waals surface area contributed by atoms with Crippen LogP contribution in [-0.2, 0) is 13.0 Å². The standard InChI is InChI=1S/C19H22N2OS2/c1-14(2)22-17-5-3-15(4-6-17)12-21-18(19-20-8-10-24-19)11-16-7-9-23-13-16/h3-10,13-14,18,21H,11-12H2,1-2H3/t18-/m1/s1. The van der Waals surface area contributed by atoms with Crippen molar-refractivity contribution < 1.29 is 4.74 Å². The Morgan fingerprint density at radius 3 is 2.54 bits per heavy atom. The number of rotatable bonds is 8. The summed E-state index contributed by atoms with van der Waals surface area (Å²) in [5, 5.41) is 11.2. The van der Waals surface area contributed by atoms with Crippen molar-refractivity contribution in [2.75, 3.05) is 0 Å². The van der Waals surface area contributed by atoms with Crippen molar-refractivity contribution in [2.45, 2.75) is 39.0 Å². The number of hydrogen-bond donors (Lipinski definition) is 1. The zero-order valence-corrected chi connectivity index (χ0v) is 15.6. The molecule has 3 aromatic rings. The van der Waals surface area contributed by atoms with E-state index in [-0.39, 0.29) is 12.1 Å². The number of nitrogens with one attached hydrogen (secondary N) is 1. The van der Waals surface area contributed by atoms with E-state index in [9.17, 15) is 0 Å². The van der Waals surface area contributed by atoms with Gasteiger partial charge in [0, 0.05) is 18.1 Å². The summed E-state index contributed by atoms with van der Waals surface area (Å²) >= 11 is 3.45. The molecule has 0 fully saturated rings. The average Bonchev–Trinajstić information content (AvgIpc) is 3.26. The van der Waals surface area contributed by atoms with Crippen LogP contribution in [0.5, 0.6) is 5.75 Å². The fourth-order valence-electron chi connectivity index (χ4n) is 2.50. The number of aromatic nitrogens is 1. The van der Waals surface area contributed by atoms with E-state index in [1.807, 2.05) is 37.6 Å². The third kappa shape index (κ3) is 4.90. The molecule has 0 aliphatic rings. The van der Waals surface area contributed by atoms with Gasteiger partial charge in [0.1, 0.15) is 10.8 Å². The van der Waals surface area contributed by atoms with Crippen LogP contribution in [0, 0.1) is 0 Å². The van der Waals surface area contributed by atoms with Crippen LogP contribution >= 0.6 is 22.7 Å². The number of thiazole rings is 1. The maximum Gasteiger partial charge on any atom is 0.119 e. The second-order valence-electron chi connectivity index (χ2n) is 5.95. The molecule has 5 heteroatoms. The van der Waals surface area contributed by atoms with E-state index in [4.69, 9.17) is 4.74 Å². The molecule has 3 nitrogen and oxygen atoms in total. The molecule has 0 aliphatic carbocycles. The van der Waals surface area contributed by atoms with Gasteiger partial charge in [0.05, 0.1) is 12.1 Å². The van der Waals surface area contributed by atoms with Crippen molar-refractivity contribution in [1.82, 2.24) is 10.3 Å². The van der Waals surface area contributed by atoms with Crippen molar-refractivity contribution in [3.05, 3.63) is 68.8 Å². The molecule has 2 aromatic heterocycles. The molecular weight excluding hydrogens is 336 g/mol. The third-order valence-corrected chi connectivity index (χ3v) is 5.24. The zero-order chi connectivity index (χ0) is 16.8. The van der Waals surface area contributed by atoms with Gasteiger partial charge in [0.2, 0.25) is 0 Å². The second kappa shape index (κ2) is 8.42. The molecule has 1 N–H and O–H groups in total. The molecule has 1 atom stereocenters. The summed E-state index contributed by atoms with van der Waals surface area (Å²) in [6.07, 6.45) is 3.04. The monoisotopic (exact) mass is 358 g/mol. The molecule has 0 aliphatic heterocycles. The molecule has 0 unspecified atom stereocenters. The summed E-state index contributed by atoms with van der Waals surface area (Å²) < 4.78 is 5.70. The van der Waals surface area contributed by atoms with E-state index in [1.165, 1.54) is 11.1 Å². The zero-order valence-electron chi connectivity index (χ0n) is 13.9. The van der Waals surface area contributed by atoms with Crippen LogP contribution < -0.4 is 10.1 Å². The molecule has 2 heterocycles. The van der Waals surface area contributed by atoms with Crippen molar-refractivity contribution in [1.29, 1.82) is 0 Å². The summed E-state index contributed by atoms with van der Waals surface area (Å²) in [5.41, 5.74) is 2.60. The first-order valence-electron chi connectivity index (χ1n) is 8.10. The van der Waals surface area contributed by atoms with Gasteiger partial charge in [-0.3, -0.25) is 0 Å². The Labute approximate surface area is 151 Å². The Hall–Kier alpha value is -1.69. The molecule has 3 rings (SSSR count). The number of hydrogen-bond acceptors (Lipinski definition) is 5. The van der Waals surface area contributed by atoms with Gasteiger partial charge in [-0.2, -0.15) is 11.3 Å². The van der Waals surface area contributed by atoms with Gasteiger partial charge in [-0.25, -0.2) is 4.98 Å². The number of thiophene rings is 1. The lowest BCUT2D eigenvalue weighted by Gasteiger charge is -2.16. The van der Waals surface area contributed by atoms with E-state index in [0.717, 1.165) is 23.7 Å². The van der Waals surface area contributed by atoms with Crippen LogP contribution in [0.25, 0.3) is 0 Å². The lowest BCUT2D eigenvalue weighted by atomic mass is 10.1. The van der Waals surface area contributed by atoms with Gasteiger partial charge in [0.25, 0.3) is 0 Å². The van der Waals surface area contributed by atoms with E-state index < -0.39 is 0 Å². The number of nitrogens with zero attached hydrogens (tertiary/aromatic N) is 1. The molecule has 1 aromatic carbocycles. The quantitative estimate of drug-likeness (QED) is 0.611. The van der Waals surface area contributed by atoms with Crippen LogP contribution in [0.3, 0.4) is 0 Å². The number of benzene rings is 1. The topological polar surface area (TPSA) is 34.1 Å². The normalized spacial score (nSPS) is 12.5. The summed E-state index contributed by atoms with van der Waals surface area (Å²) in [7, 11) is 0. The Morgan fingerprint density at radius 2 is 1.92 bits per heavy atom. The Kier molecular flexibility index (Phi) is 6.01. The lowest BCUT2D eigenvalue weighted by molar-refractivity contribution is 0.242. The van der Waals surface area contributed by atoms with E-state index >= 15 is 0 Å². The van der Waals surface area contributed by atoms with Crippen LogP contribution in [0.2, 0.25) is 0 Å². The van der Waals surface area contributed by atoms with Crippen molar-refractivity contribution in [3.8, 4) is 5.75 Å². The van der Waals surface area contributed by atoms with Gasteiger partial charge < -0.3 is 10.1 Å². The molecule has 24 heavy (non-hydrogen) atoms. The third-order valence-electron chi connectivity index (χ3n) is 3.62. The predicted molar refractivity (Wildman–Crippen MR) is 102 cm³/mol. The molecule has 0 spiro atoms. The minimum atomic E-state index is 0.203. The van der Waals surface area contributed by atoms with Crippen molar-refractivity contribution in [3.63, 3.8) is 0 Å². The highest BCUT2D eigenvalue weighted by atomic mass is 32.1. The van der Waals surface area contributed by atoms with Crippen molar-refractivity contribution in [2.24, 2.45) is 0 Å². The summed E-state index contributed by atoms with van der Waals surface area (Å²) in [6.45, 7) is 4.90. The Bertz CT molecular complexity index is 706. The SMILES string of the molecule is CC(C)Oc1ccc(CN[C@H](Cc2ccsc2)c2nccs2)cc1. The van der Waals surface area contributed by atoms with Gasteiger partial charge in [-0.15, -0.1) is 11.3 Å². The first-order chi connectivity index (χ1) is 11.7. The summed E-state index contributed by atoms with van der Waals surface area (Å²) in [6, 6.07) is 10.7. The Balaban J connectivity index is 1.63. The van der Waals surface area contributed by atoms with Crippen molar-refractivity contribution >= 4 is 22.7 Å². The van der Waals surface area contributed by atoms with E-state index in [0.29, 0.717) is 0 Å². The minimum Gasteiger partial charge on any atom is -0.491 e. The van der Waals surface area contributed by atoms with E-state index in [2.05, 4.69) is 39.3 Å². The molecule has 126 valence electrons. The highest BCUT2D eigenvalue weighted by Gasteiger charge is 2.15. The fourth-order valence-corrected chi connectivity index (χ4v) is 3.89. The van der Waals surface area contributed by atoms with Crippen LogP contribution in [-0.4, -0.2) is 11.1 Å². The summed E-state index contributed by atoms with van der Waals surface area (Å²) in [4.78, 5) is 4.50. The number of ether oxygens (including phenoxy) is 1. The maximum atomic E-state index is 5.70. The minimum absolute atomic E-state index is 0.203. The van der Waals surface area contributed by atoms with Crippen LogP contribution in [0.1, 0.15) is 36.0 Å².